The van der Waals surface area contributed by atoms with E-state index in [9.17, 15) is 4.79 Å². The summed E-state index contributed by atoms with van der Waals surface area (Å²) >= 11 is 0. The summed E-state index contributed by atoms with van der Waals surface area (Å²) in [6.45, 7) is 5.08. The van der Waals surface area contributed by atoms with Crippen molar-refractivity contribution in [3.05, 3.63) is 0 Å². The molecule has 0 aromatic rings. The van der Waals surface area contributed by atoms with Crippen molar-refractivity contribution in [2.24, 2.45) is 16.7 Å². The molecule has 144 valence electrons. The molecular formula is C20H35ClN2O2. The Morgan fingerprint density at radius 2 is 1.84 bits per heavy atom. The Hall–Kier alpha value is -0.320. The van der Waals surface area contributed by atoms with Crippen LogP contribution in [0.5, 0.6) is 0 Å². The number of carbonyl (C=O) groups is 1. The molecule has 1 amide bonds. The topological polar surface area (TPSA) is 41.6 Å². The van der Waals surface area contributed by atoms with Gasteiger partial charge in [-0.15, -0.1) is 12.4 Å². The van der Waals surface area contributed by atoms with Crippen molar-refractivity contribution in [1.82, 2.24) is 10.2 Å². The monoisotopic (exact) mass is 370 g/mol. The van der Waals surface area contributed by atoms with E-state index in [1.807, 2.05) is 0 Å². The molecule has 3 unspecified atom stereocenters. The number of nitrogens with one attached hydrogen (secondary N) is 1. The van der Waals surface area contributed by atoms with Gasteiger partial charge in [0, 0.05) is 31.0 Å². The van der Waals surface area contributed by atoms with Gasteiger partial charge in [-0.3, -0.25) is 4.79 Å². The van der Waals surface area contributed by atoms with E-state index in [4.69, 9.17) is 4.74 Å². The number of piperidine rings is 1. The number of rotatable bonds is 4. The van der Waals surface area contributed by atoms with E-state index < -0.39 is 0 Å². The van der Waals surface area contributed by atoms with Crippen LogP contribution in [-0.2, 0) is 9.53 Å². The molecule has 1 N–H and O–H groups in total. The Kier molecular flexibility index (Phi) is 5.72. The lowest BCUT2D eigenvalue weighted by Crippen LogP contribution is -2.65. The van der Waals surface area contributed by atoms with E-state index in [0.717, 1.165) is 32.5 Å². The first kappa shape index (κ1) is 19.4. The van der Waals surface area contributed by atoms with Crippen molar-refractivity contribution >= 4 is 18.3 Å². The highest BCUT2D eigenvalue weighted by Gasteiger charge is 2.62. The minimum atomic E-state index is 0. The second kappa shape index (κ2) is 7.36. The van der Waals surface area contributed by atoms with Crippen LogP contribution >= 0.6 is 12.4 Å². The summed E-state index contributed by atoms with van der Waals surface area (Å²) in [6, 6.07) is 0.418. The van der Waals surface area contributed by atoms with E-state index in [-0.39, 0.29) is 17.8 Å². The predicted octanol–water partition coefficient (Wildman–Crippen LogP) is 3.38. The van der Waals surface area contributed by atoms with Crippen LogP contribution in [0.3, 0.4) is 0 Å². The smallest absolute Gasteiger partial charge is 0.226 e. The number of hydrogen-bond acceptors (Lipinski definition) is 3. The molecule has 0 radical (unpaired) electrons. The maximum absolute atomic E-state index is 13.2. The first-order valence-electron chi connectivity index (χ1n) is 10.2. The van der Waals surface area contributed by atoms with E-state index in [1.54, 1.807) is 0 Å². The van der Waals surface area contributed by atoms with Gasteiger partial charge in [-0.05, 0) is 64.0 Å². The molecule has 25 heavy (non-hydrogen) atoms. The molecule has 3 atom stereocenters. The molecule has 4 fully saturated rings. The molecule has 3 saturated carbocycles. The average Bonchev–Trinajstić information content (AvgIpc) is 3.31. The quantitative estimate of drug-likeness (QED) is 0.824. The van der Waals surface area contributed by atoms with Crippen LogP contribution in [-0.4, -0.2) is 49.7 Å². The molecule has 2 spiro atoms. The van der Waals surface area contributed by atoms with Crippen molar-refractivity contribution in [1.29, 1.82) is 0 Å². The van der Waals surface area contributed by atoms with Crippen molar-refractivity contribution in [2.75, 3.05) is 26.7 Å². The summed E-state index contributed by atoms with van der Waals surface area (Å²) in [5, 5.41) is 3.44. The van der Waals surface area contributed by atoms with Gasteiger partial charge in [0.15, 0.2) is 0 Å². The van der Waals surface area contributed by atoms with Gasteiger partial charge in [0.05, 0.1) is 6.10 Å². The van der Waals surface area contributed by atoms with Crippen LogP contribution in [0.15, 0.2) is 0 Å². The van der Waals surface area contributed by atoms with Gasteiger partial charge in [-0.25, -0.2) is 0 Å². The molecule has 1 aliphatic heterocycles. The lowest BCUT2D eigenvalue weighted by molar-refractivity contribution is -0.186. The average molecular weight is 371 g/mol. The molecule has 0 aromatic heterocycles. The largest absolute Gasteiger partial charge is 0.378 e. The van der Waals surface area contributed by atoms with Gasteiger partial charge in [0.2, 0.25) is 5.91 Å². The van der Waals surface area contributed by atoms with Crippen LogP contribution in [0.2, 0.25) is 0 Å². The fourth-order valence-corrected chi connectivity index (χ4v) is 6.14. The first-order valence-corrected chi connectivity index (χ1v) is 10.2. The Balaban J connectivity index is 0.00000182. The standard InChI is InChI=1S/C20H34N2O2.ClH/c1-3-24-17-13-16(20(17)7-5-4-6-8-20)22(2)18(23)15-14-19(15)9-11-21-12-10-19;/h15-17,21H,3-14H2,1-2H3;1H. The van der Waals surface area contributed by atoms with Crippen LogP contribution in [0, 0.1) is 16.7 Å². The van der Waals surface area contributed by atoms with E-state index in [1.165, 1.54) is 44.9 Å². The fraction of sp³-hybridized carbons (Fsp3) is 0.950. The van der Waals surface area contributed by atoms with Crippen molar-refractivity contribution in [3.8, 4) is 0 Å². The predicted molar refractivity (Wildman–Crippen MR) is 102 cm³/mol. The zero-order valence-corrected chi connectivity index (χ0v) is 16.7. The third-order valence-corrected chi connectivity index (χ3v) is 7.80. The minimum Gasteiger partial charge on any atom is -0.378 e. The molecule has 1 saturated heterocycles. The Morgan fingerprint density at radius 1 is 1.16 bits per heavy atom. The molecule has 4 rings (SSSR count). The highest BCUT2D eigenvalue weighted by molar-refractivity contribution is 5.85. The number of amides is 1. The molecule has 0 aromatic carbocycles. The second-order valence-corrected chi connectivity index (χ2v) is 8.81. The van der Waals surface area contributed by atoms with Crippen molar-refractivity contribution in [2.45, 2.75) is 76.9 Å². The lowest BCUT2D eigenvalue weighted by Gasteiger charge is -2.60. The molecule has 0 bridgehead atoms. The zero-order chi connectivity index (χ0) is 16.8. The number of carbonyl (C=O) groups excluding carboxylic acids is 1. The second-order valence-electron chi connectivity index (χ2n) is 8.81. The number of ether oxygens (including phenoxy) is 1. The van der Waals surface area contributed by atoms with Gasteiger partial charge in [-0.1, -0.05) is 19.3 Å². The van der Waals surface area contributed by atoms with E-state index in [2.05, 4.69) is 24.2 Å². The van der Waals surface area contributed by atoms with Gasteiger partial charge in [0.1, 0.15) is 0 Å². The summed E-state index contributed by atoms with van der Waals surface area (Å²) in [7, 11) is 2.08. The first-order chi connectivity index (χ1) is 11.6. The molecule has 3 aliphatic carbocycles. The van der Waals surface area contributed by atoms with Crippen molar-refractivity contribution in [3.63, 3.8) is 0 Å². The van der Waals surface area contributed by atoms with Crippen LogP contribution in [0.4, 0.5) is 0 Å². The molecule has 4 nitrogen and oxygen atoms in total. The number of nitrogens with zero attached hydrogens (tertiary/aromatic N) is 1. The lowest BCUT2D eigenvalue weighted by atomic mass is 9.54. The minimum absolute atomic E-state index is 0. The van der Waals surface area contributed by atoms with Gasteiger partial charge >= 0.3 is 0 Å². The Bertz CT molecular complexity index is 486. The zero-order valence-electron chi connectivity index (χ0n) is 15.9. The van der Waals surface area contributed by atoms with E-state index in [0.29, 0.717) is 29.4 Å². The Labute approximate surface area is 158 Å². The molecule has 4 aliphatic rings. The van der Waals surface area contributed by atoms with Gasteiger partial charge in [-0.2, -0.15) is 0 Å². The third-order valence-electron chi connectivity index (χ3n) is 7.80. The van der Waals surface area contributed by atoms with E-state index >= 15 is 0 Å². The third kappa shape index (κ3) is 3.12. The molecular weight excluding hydrogens is 336 g/mol. The van der Waals surface area contributed by atoms with Crippen LogP contribution < -0.4 is 5.32 Å². The van der Waals surface area contributed by atoms with Gasteiger partial charge < -0.3 is 15.0 Å². The summed E-state index contributed by atoms with van der Waals surface area (Å²) in [5.74, 6) is 0.734. The van der Waals surface area contributed by atoms with Crippen molar-refractivity contribution < 1.29 is 9.53 Å². The number of halogens is 1. The van der Waals surface area contributed by atoms with Crippen LogP contribution in [0.25, 0.3) is 0 Å². The highest BCUT2D eigenvalue weighted by Crippen LogP contribution is 2.61. The normalized spacial score (nSPS) is 34.9. The Morgan fingerprint density at radius 3 is 2.48 bits per heavy atom. The van der Waals surface area contributed by atoms with Crippen LogP contribution in [0.1, 0.15) is 64.7 Å². The summed E-state index contributed by atoms with van der Waals surface area (Å²) < 4.78 is 6.07. The summed E-state index contributed by atoms with van der Waals surface area (Å²) in [5.41, 5.74) is 0.605. The maximum Gasteiger partial charge on any atom is 0.226 e. The van der Waals surface area contributed by atoms with Gasteiger partial charge in [0.25, 0.3) is 0 Å². The number of hydrogen-bond donors (Lipinski definition) is 1. The molecule has 5 heteroatoms. The highest BCUT2D eigenvalue weighted by atomic mass is 35.5. The fourth-order valence-electron chi connectivity index (χ4n) is 6.14. The summed E-state index contributed by atoms with van der Waals surface area (Å²) in [6.07, 6.45) is 11.4. The molecule has 1 heterocycles. The SMILES string of the molecule is CCOC1CC(N(C)C(=O)C2CC23CCNCC3)C12CCCCC2.Cl. The summed E-state index contributed by atoms with van der Waals surface area (Å²) in [4.78, 5) is 15.3. The maximum atomic E-state index is 13.2.